The third-order valence-electron chi connectivity index (χ3n) is 6.62. The van der Waals surface area contributed by atoms with Crippen molar-refractivity contribution in [2.45, 2.75) is 49.6 Å². The Labute approximate surface area is 206 Å². The molecule has 2 aliphatic rings. The van der Waals surface area contributed by atoms with Crippen molar-refractivity contribution < 1.29 is 14.3 Å². The SMILES string of the molecule is CN(C(=O)CSc1ccccc1C(=O)NCc1cccnc1N1CCOCC1)C1CCCCC1. The maximum Gasteiger partial charge on any atom is 0.252 e. The third-order valence-corrected chi connectivity index (χ3v) is 7.67. The predicted octanol–water partition coefficient (Wildman–Crippen LogP) is 3.73. The summed E-state index contributed by atoms with van der Waals surface area (Å²) >= 11 is 1.44. The van der Waals surface area contributed by atoms with Crippen molar-refractivity contribution in [3.8, 4) is 0 Å². The normalized spacial score (nSPS) is 16.8. The molecule has 1 aliphatic heterocycles. The minimum atomic E-state index is -0.145. The number of amides is 2. The first-order valence-electron chi connectivity index (χ1n) is 12.2. The number of hydrogen-bond donors (Lipinski definition) is 1. The molecule has 0 atom stereocenters. The number of benzene rings is 1. The second-order valence-electron chi connectivity index (χ2n) is 8.85. The zero-order chi connectivity index (χ0) is 23.8. The Morgan fingerprint density at radius 1 is 1.12 bits per heavy atom. The van der Waals surface area contributed by atoms with E-state index in [9.17, 15) is 9.59 Å². The van der Waals surface area contributed by atoms with Crippen LogP contribution < -0.4 is 10.2 Å². The zero-order valence-electron chi connectivity index (χ0n) is 19.9. The second-order valence-corrected chi connectivity index (χ2v) is 9.87. The molecule has 1 saturated carbocycles. The van der Waals surface area contributed by atoms with Crippen LogP contribution >= 0.6 is 11.8 Å². The number of pyridine rings is 1. The minimum Gasteiger partial charge on any atom is -0.378 e. The Morgan fingerprint density at radius 3 is 2.68 bits per heavy atom. The second kappa shape index (κ2) is 12.2. The van der Waals surface area contributed by atoms with Crippen LogP contribution in [0, 0.1) is 0 Å². The highest BCUT2D eigenvalue weighted by Crippen LogP contribution is 2.26. The van der Waals surface area contributed by atoms with Crippen molar-refractivity contribution in [3.63, 3.8) is 0 Å². The van der Waals surface area contributed by atoms with Crippen LogP contribution in [0.3, 0.4) is 0 Å². The van der Waals surface area contributed by atoms with Gasteiger partial charge in [-0.05, 0) is 31.0 Å². The molecule has 2 fully saturated rings. The highest BCUT2D eigenvalue weighted by atomic mass is 32.2. The van der Waals surface area contributed by atoms with E-state index in [-0.39, 0.29) is 11.8 Å². The molecule has 2 heterocycles. The lowest BCUT2D eigenvalue weighted by Gasteiger charge is -2.31. The van der Waals surface area contributed by atoms with Gasteiger partial charge in [-0.15, -0.1) is 11.8 Å². The van der Waals surface area contributed by atoms with Crippen LogP contribution in [0.2, 0.25) is 0 Å². The smallest absolute Gasteiger partial charge is 0.252 e. The Balaban J connectivity index is 1.36. The van der Waals surface area contributed by atoms with Crippen molar-refractivity contribution >= 4 is 29.4 Å². The first kappa shape index (κ1) is 24.5. The summed E-state index contributed by atoms with van der Waals surface area (Å²) in [6.07, 6.45) is 7.62. The van der Waals surface area contributed by atoms with E-state index in [0.717, 1.165) is 42.2 Å². The molecular formula is C26H34N4O3S. The quantitative estimate of drug-likeness (QED) is 0.578. The number of nitrogens with one attached hydrogen (secondary N) is 1. The zero-order valence-corrected chi connectivity index (χ0v) is 20.7. The molecule has 1 aromatic carbocycles. The molecule has 0 bridgehead atoms. The van der Waals surface area contributed by atoms with Crippen LogP contribution in [-0.4, -0.2) is 66.8 Å². The molecule has 0 radical (unpaired) electrons. The molecule has 7 nitrogen and oxygen atoms in total. The molecule has 2 aromatic rings. The van der Waals surface area contributed by atoms with E-state index in [0.29, 0.717) is 37.1 Å². The van der Waals surface area contributed by atoms with E-state index in [4.69, 9.17) is 4.74 Å². The van der Waals surface area contributed by atoms with Crippen molar-refractivity contribution in [2.24, 2.45) is 0 Å². The number of rotatable bonds is 8. The largest absolute Gasteiger partial charge is 0.378 e. The fourth-order valence-electron chi connectivity index (χ4n) is 4.59. The lowest BCUT2D eigenvalue weighted by molar-refractivity contribution is -0.129. The molecule has 1 N–H and O–H groups in total. The van der Waals surface area contributed by atoms with E-state index in [1.807, 2.05) is 48.3 Å². The molecule has 182 valence electrons. The fraction of sp³-hybridized carbons (Fsp3) is 0.500. The maximum absolute atomic E-state index is 13.1. The molecule has 0 unspecified atom stereocenters. The van der Waals surface area contributed by atoms with Gasteiger partial charge in [-0.25, -0.2) is 4.98 Å². The number of hydrogen-bond acceptors (Lipinski definition) is 6. The summed E-state index contributed by atoms with van der Waals surface area (Å²) in [6, 6.07) is 11.7. The lowest BCUT2D eigenvalue weighted by atomic mass is 9.94. The van der Waals surface area contributed by atoms with Crippen LogP contribution in [0.25, 0.3) is 0 Å². The molecule has 4 rings (SSSR count). The fourth-order valence-corrected chi connectivity index (χ4v) is 5.57. The molecule has 34 heavy (non-hydrogen) atoms. The predicted molar refractivity (Wildman–Crippen MR) is 135 cm³/mol. The van der Waals surface area contributed by atoms with Crippen molar-refractivity contribution in [3.05, 3.63) is 53.7 Å². The monoisotopic (exact) mass is 482 g/mol. The Morgan fingerprint density at radius 2 is 1.88 bits per heavy atom. The molecule has 1 aromatic heterocycles. The van der Waals surface area contributed by atoms with Gasteiger partial charge in [0.2, 0.25) is 5.91 Å². The highest BCUT2D eigenvalue weighted by Gasteiger charge is 2.23. The van der Waals surface area contributed by atoms with Gasteiger partial charge in [-0.2, -0.15) is 0 Å². The summed E-state index contributed by atoms with van der Waals surface area (Å²) < 4.78 is 5.45. The van der Waals surface area contributed by atoms with Crippen molar-refractivity contribution in [1.29, 1.82) is 0 Å². The Hall–Kier alpha value is -2.58. The number of nitrogens with zero attached hydrogens (tertiary/aromatic N) is 3. The Kier molecular flexibility index (Phi) is 8.82. The van der Waals surface area contributed by atoms with Gasteiger partial charge in [0.15, 0.2) is 0 Å². The van der Waals surface area contributed by atoms with Gasteiger partial charge in [-0.1, -0.05) is 37.5 Å². The van der Waals surface area contributed by atoms with E-state index >= 15 is 0 Å². The summed E-state index contributed by atoms with van der Waals surface area (Å²) in [5.74, 6) is 1.21. The molecule has 1 aliphatic carbocycles. The summed E-state index contributed by atoms with van der Waals surface area (Å²) in [7, 11) is 1.91. The van der Waals surface area contributed by atoms with Gasteiger partial charge in [0.1, 0.15) is 5.82 Å². The summed E-state index contributed by atoms with van der Waals surface area (Å²) in [6.45, 7) is 3.34. The number of anilines is 1. The summed E-state index contributed by atoms with van der Waals surface area (Å²) in [5, 5.41) is 3.05. The van der Waals surface area contributed by atoms with Crippen LogP contribution in [0.1, 0.15) is 48.0 Å². The van der Waals surface area contributed by atoms with Gasteiger partial charge >= 0.3 is 0 Å². The molecule has 1 saturated heterocycles. The first-order chi connectivity index (χ1) is 16.6. The van der Waals surface area contributed by atoms with Gasteiger partial charge in [0.05, 0.1) is 24.5 Å². The number of aromatic nitrogens is 1. The number of carbonyl (C=O) groups is 2. The topological polar surface area (TPSA) is 74.8 Å². The van der Waals surface area contributed by atoms with Gasteiger partial charge in [0, 0.05) is 49.4 Å². The number of ether oxygens (including phenoxy) is 1. The van der Waals surface area contributed by atoms with E-state index in [2.05, 4.69) is 15.2 Å². The van der Waals surface area contributed by atoms with Gasteiger partial charge < -0.3 is 19.9 Å². The van der Waals surface area contributed by atoms with E-state index in [1.165, 1.54) is 31.0 Å². The average Bonchev–Trinajstić information content (AvgIpc) is 2.91. The number of thioether (sulfide) groups is 1. The van der Waals surface area contributed by atoms with Crippen LogP contribution in [0.5, 0.6) is 0 Å². The summed E-state index contributed by atoms with van der Waals surface area (Å²) in [5.41, 5.74) is 1.57. The lowest BCUT2D eigenvalue weighted by Crippen LogP contribution is -2.39. The van der Waals surface area contributed by atoms with Crippen molar-refractivity contribution in [2.75, 3.05) is 44.0 Å². The van der Waals surface area contributed by atoms with Crippen LogP contribution in [0.4, 0.5) is 5.82 Å². The molecular weight excluding hydrogens is 448 g/mol. The van der Waals surface area contributed by atoms with E-state index < -0.39 is 0 Å². The number of morpholine rings is 1. The molecule has 8 heteroatoms. The van der Waals surface area contributed by atoms with E-state index in [1.54, 1.807) is 6.20 Å². The Bertz CT molecular complexity index is 974. The summed E-state index contributed by atoms with van der Waals surface area (Å²) in [4.78, 5) is 35.3. The molecule has 2 amide bonds. The van der Waals surface area contributed by atoms with Gasteiger partial charge in [0.25, 0.3) is 5.91 Å². The molecule has 0 spiro atoms. The van der Waals surface area contributed by atoms with Gasteiger partial charge in [-0.3, -0.25) is 9.59 Å². The first-order valence-corrected chi connectivity index (χ1v) is 13.1. The average molecular weight is 483 g/mol. The number of carbonyl (C=O) groups excluding carboxylic acids is 2. The minimum absolute atomic E-state index is 0.123. The maximum atomic E-state index is 13.1. The third kappa shape index (κ3) is 6.30. The van der Waals surface area contributed by atoms with Crippen LogP contribution in [0.15, 0.2) is 47.5 Å². The standard InChI is InChI=1S/C26H34N4O3S/c1-29(21-9-3-2-4-10-21)24(31)19-34-23-12-6-5-11-22(23)26(32)28-18-20-8-7-13-27-25(20)30-14-16-33-17-15-30/h5-8,11-13,21H,2-4,9-10,14-19H2,1H3,(H,28,32). The highest BCUT2D eigenvalue weighted by molar-refractivity contribution is 8.00. The van der Waals surface area contributed by atoms with Crippen LogP contribution in [-0.2, 0) is 16.1 Å². The van der Waals surface area contributed by atoms with Crippen molar-refractivity contribution in [1.82, 2.24) is 15.2 Å².